The second kappa shape index (κ2) is 14.5. The zero-order chi connectivity index (χ0) is 24.8. The standard InChI is InChI=1S/C16H17ClF2N2O2S.C3H6.C2H2.CH3F/c1-11(17)4-9-15-20-14(16(2,18)19)10-21(15)12-5-7-13(8-6-12)24(3,22)23;1-3-2;2*1-2/h4-8,10H,9H2,1-3H3;3H,1H2,2H3;1-2H;1H3/b11-4+;;;. The summed E-state index contributed by atoms with van der Waals surface area (Å²) < 4.78 is 61.2. The van der Waals surface area contributed by atoms with Crippen molar-refractivity contribution in [3.8, 4) is 18.5 Å². The number of terminal acetylenes is 1. The van der Waals surface area contributed by atoms with Crippen LogP contribution in [-0.4, -0.2) is 31.4 Å². The van der Waals surface area contributed by atoms with Crippen LogP contribution >= 0.6 is 11.6 Å². The van der Waals surface area contributed by atoms with Crippen LogP contribution in [0, 0.1) is 12.8 Å². The van der Waals surface area contributed by atoms with Crippen molar-refractivity contribution < 1.29 is 21.6 Å². The van der Waals surface area contributed by atoms with Crippen molar-refractivity contribution in [2.45, 2.75) is 38.0 Å². The SMILES string of the molecule is C#C.C/C(Cl)=C\Cc1nc(C(C)(F)F)cn1-c1ccc(S(C)(=O)=O)cc1.C=CC.CF. The molecule has 0 spiro atoms. The zero-order valence-corrected chi connectivity index (χ0v) is 19.8. The molecule has 172 valence electrons. The van der Waals surface area contributed by atoms with Gasteiger partial charge in [-0.15, -0.1) is 19.4 Å². The number of benzene rings is 1. The largest absolute Gasteiger partial charge is 0.303 e. The topological polar surface area (TPSA) is 52.0 Å². The first-order valence-corrected chi connectivity index (χ1v) is 11.0. The molecule has 0 amide bonds. The lowest BCUT2D eigenvalue weighted by Crippen LogP contribution is -2.07. The molecule has 0 radical (unpaired) electrons. The molecule has 0 bridgehead atoms. The first kappa shape index (κ1) is 30.7. The van der Waals surface area contributed by atoms with Crippen molar-refractivity contribution in [1.29, 1.82) is 0 Å². The summed E-state index contributed by atoms with van der Waals surface area (Å²) >= 11 is 5.80. The van der Waals surface area contributed by atoms with Gasteiger partial charge in [0, 0.05) is 36.5 Å². The number of aromatic nitrogens is 2. The third kappa shape index (κ3) is 10.9. The lowest BCUT2D eigenvalue weighted by atomic mass is 10.3. The summed E-state index contributed by atoms with van der Waals surface area (Å²) in [6.45, 7) is 7.71. The van der Waals surface area contributed by atoms with E-state index in [0.717, 1.165) is 13.2 Å². The summed E-state index contributed by atoms with van der Waals surface area (Å²) in [5.74, 6) is -2.69. The van der Waals surface area contributed by atoms with Crippen molar-refractivity contribution in [3.05, 3.63) is 65.7 Å². The monoisotopic (exact) mass is 476 g/mol. The average molecular weight is 477 g/mol. The van der Waals surface area contributed by atoms with Gasteiger partial charge in [-0.3, -0.25) is 4.39 Å². The van der Waals surface area contributed by atoms with E-state index in [1.807, 2.05) is 6.92 Å². The molecule has 0 saturated carbocycles. The maximum atomic E-state index is 13.6. The number of sulfone groups is 1. The van der Waals surface area contributed by atoms with Gasteiger partial charge >= 0.3 is 0 Å². The summed E-state index contributed by atoms with van der Waals surface area (Å²) in [4.78, 5) is 4.15. The maximum Gasteiger partial charge on any atom is 0.288 e. The molecule has 2 aromatic rings. The van der Waals surface area contributed by atoms with E-state index in [0.29, 0.717) is 23.7 Å². The molecule has 1 aromatic heterocycles. The summed E-state index contributed by atoms with van der Waals surface area (Å²) in [6, 6.07) is 5.97. The molecule has 0 N–H and O–H groups in total. The summed E-state index contributed by atoms with van der Waals surface area (Å²) in [5, 5.41) is 0.529. The average Bonchev–Trinajstić information content (AvgIpc) is 3.14. The van der Waals surface area contributed by atoms with Crippen LogP contribution in [0.3, 0.4) is 0 Å². The highest BCUT2D eigenvalue weighted by Crippen LogP contribution is 2.28. The van der Waals surface area contributed by atoms with Crippen LogP contribution in [0.5, 0.6) is 0 Å². The van der Waals surface area contributed by atoms with Crippen molar-refractivity contribution in [1.82, 2.24) is 9.55 Å². The van der Waals surface area contributed by atoms with E-state index < -0.39 is 15.8 Å². The molecule has 0 aliphatic carbocycles. The molecule has 31 heavy (non-hydrogen) atoms. The van der Waals surface area contributed by atoms with Crippen LogP contribution in [-0.2, 0) is 22.2 Å². The second-order valence-electron chi connectivity index (χ2n) is 5.97. The molecular weight excluding hydrogens is 449 g/mol. The van der Waals surface area contributed by atoms with Gasteiger partial charge in [-0.1, -0.05) is 23.8 Å². The fraction of sp³-hybridized carbons (Fsp3) is 0.318. The van der Waals surface area contributed by atoms with Crippen molar-refractivity contribution in [3.63, 3.8) is 0 Å². The predicted molar refractivity (Wildman–Crippen MR) is 122 cm³/mol. The molecule has 4 nitrogen and oxygen atoms in total. The van der Waals surface area contributed by atoms with Crippen molar-refractivity contribution >= 4 is 21.4 Å². The van der Waals surface area contributed by atoms with Gasteiger partial charge in [-0.05, 0) is 38.1 Å². The molecule has 0 aliphatic heterocycles. The molecule has 0 atom stereocenters. The quantitative estimate of drug-likeness (QED) is 0.387. The third-order valence-electron chi connectivity index (χ3n) is 3.34. The Labute approximate surface area is 188 Å². The van der Waals surface area contributed by atoms with E-state index >= 15 is 0 Å². The molecule has 2 rings (SSSR count). The molecule has 9 heteroatoms. The van der Waals surface area contributed by atoms with Gasteiger partial charge in [-0.2, -0.15) is 8.78 Å². The van der Waals surface area contributed by atoms with Gasteiger partial charge in [0.1, 0.15) is 11.5 Å². The molecular formula is C22H28ClF3N2O2S. The fourth-order valence-electron chi connectivity index (χ4n) is 2.08. The smallest absolute Gasteiger partial charge is 0.288 e. The summed E-state index contributed by atoms with van der Waals surface area (Å²) in [5.41, 5.74) is 0.186. The fourth-order valence-corrected chi connectivity index (χ4v) is 2.79. The number of hydrogen-bond donors (Lipinski definition) is 0. The van der Waals surface area contributed by atoms with Gasteiger partial charge in [0.25, 0.3) is 5.92 Å². The highest BCUT2D eigenvalue weighted by Gasteiger charge is 2.29. The van der Waals surface area contributed by atoms with E-state index in [1.165, 1.54) is 22.9 Å². The lowest BCUT2D eigenvalue weighted by molar-refractivity contribution is 0.0130. The van der Waals surface area contributed by atoms with E-state index in [4.69, 9.17) is 11.6 Å². The van der Waals surface area contributed by atoms with E-state index in [-0.39, 0.29) is 17.0 Å². The number of allylic oxidation sites excluding steroid dienone is 3. The van der Waals surface area contributed by atoms with E-state index in [2.05, 4.69) is 24.4 Å². The number of alkyl halides is 3. The first-order chi connectivity index (χ1) is 14.4. The Morgan fingerprint density at radius 3 is 2.06 bits per heavy atom. The normalized spacial score (nSPS) is 11.0. The highest BCUT2D eigenvalue weighted by molar-refractivity contribution is 7.90. The molecule has 0 saturated heterocycles. The Kier molecular flexibility index (Phi) is 14.4. The first-order valence-electron chi connectivity index (χ1n) is 8.77. The minimum absolute atomic E-state index is 0.158. The zero-order valence-electron chi connectivity index (χ0n) is 18.2. The van der Waals surface area contributed by atoms with Crippen LogP contribution in [0.1, 0.15) is 32.3 Å². The van der Waals surface area contributed by atoms with Crippen molar-refractivity contribution in [2.24, 2.45) is 0 Å². The summed E-state index contributed by atoms with van der Waals surface area (Å²) in [7, 11) is -2.82. The van der Waals surface area contributed by atoms with Crippen molar-refractivity contribution in [2.75, 3.05) is 13.4 Å². The molecule has 1 heterocycles. The lowest BCUT2D eigenvalue weighted by Gasteiger charge is -2.07. The molecule has 1 aromatic carbocycles. The Morgan fingerprint density at radius 2 is 1.71 bits per heavy atom. The van der Waals surface area contributed by atoms with Crippen LogP contribution in [0.25, 0.3) is 5.69 Å². The minimum Gasteiger partial charge on any atom is -0.303 e. The number of halogens is 4. The van der Waals surface area contributed by atoms with Crippen LogP contribution in [0.2, 0.25) is 0 Å². The van der Waals surface area contributed by atoms with Gasteiger partial charge in [0.2, 0.25) is 0 Å². The second-order valence-corrected chi connectivity index (χ2v) is 8.58. The van der Waals surface area contributed by atoms with Crippen LogP contribution in [0.15, 0.2) is 59.1 Å². The van der Waals surface area contributed by atoms with Gasteiger partial charge in [-0.25, -0.2) is 13.4 Å². The number of hydrogen-bond acceptors (Lipinski definition) is 3. The Balaban J connectivity index is 0. The molecule has 0 fully saturated rings. The van der Waals surface area contributed by atoms with Crippen LogP contribution < -0.4 is 0 Å². The third-order valence-corrected chi connectivity index (χ3v) is 4.62. The number of imidazole rings is 1. The Morgan fingerprint density at radius 1 is 1.26 bits per heavy atom. The predicted octanol–water partition coefficient (Wildman–Crippen LogP) is 6.10. The van der Waals surface area contributed by atoms with E-state index in [1.54, 1.807) is 31.2 Å². The molecule has 0 aliphatic rings. The van der Waals surface area contributed by atoms with Gasteiger partial charge < -0.3 is 4.57 Å². The van der Waals surface area contributed by atoms with Crippen LogP contribution in [0.4, 0.5) is 13.2 Å². The highest BCUT2D eigenvalue weighted by atomic mass is 35.5. The maximum absolute atomic E-state index is 13.6. The number of rotatable bonds is 5. The van der Waals surface area contributed by atoms with Gasteiger partial charge in [0.05, 0.1) is 12.1 Å². The summed E-state index contributed by atoms with van der Waals surface area (Å²) in [6.07, 6.45) is 14.1. The number of nitrogens with zero attached hydrogens (tertiary/aromatic N) is 2. The molecule has 0 unspecified atom stereocenters. The Bertz CT molecular complexity index is 955. The van der Waals surface area contributed by atoms with E-state index in [9.17, 15) is 21.6 Å². The van der Waals surface area contributed by atoms with Gasteiger partial charge in [0.15, 0.2) is 9.84 Å². The Hall–Kier alpha value is -2.50. The minimum atomic E-state index is -3.32.